The molecule has 1 radical (unpaired) electrons. The standard InChI is InChI=1S/C30H37O3/c1-7-30(32,8-2)24-13-15-26(21(3)17-24)27-18-25(14-16-28(27)29(4,5)6)33-20-23-11-9-22(19-31)10-12-23/h9,11-18,31-32H,7-8,19-20H2,1-6H3. The molecule has 3 heteroatoms. The smallest absolute Gasteiger partial charge is 0.120 e. The summed E-state index contributed by atoms with van der Waals surface area (Å²) in [6.07, 6.45) is 1.38. The van der Waals surface area contributed by atoms with Gasteiger partial charge in [-0.2, -0.15) is 0 Å². The SMILES string of the molecule is CCC(O)(CC)c1ccc(-c2cc(OCc3c[c]c(CO)cc3)ccc2C(C)(C)C)c(C)c1. The lowest BCUT2D eigenvalue weighted by molar-refractivity contribution is 0.0283. The van der Waals surface area contributed by atoms with E-state index in [1.165, 1.54) is 5.56 Å². The van der Waals surface area contributed by atoms with Crippen molar-refractivity contribution in [3.8, 4) is 16.9 Å². The summed E-state index contributed by atoms with van der Waals surface area (Å²) >= 11 is 0. The van der Waals surface area contributed by atoms with Crippen molar-refractivity contribution < 1.29 is 14.9 Å². The Morgan fingerprint density at radius 3 is 2.18 bits per heavy atom. The molecule has 0 atom stereocenters. The molecule has 3 rings (SSSR count). The maximum Gasteiger partial charge on any atom is 0.120 e. The zero-order valence-electron chi connectivity index (χ0n) is 20.8. The van der Waals surface area contributed by atoms with Crippen molar-refractivity contribution in [2.75, 3.05) is 0 Å². The second-order valence-corrected chi connectivity index (χ2v) is 9.89. The molecular weight excluding hydrogens is 408 g/mol. The van der Waals surface area contributed by atoms with Gasteiger partial charge in [0.15, 0.2) is 0 Å². The highest BCUT2D eigenvalue weighted by Crippen LogP contribution is 2.39. The van der Waals surface area contributed by atoms with E-state index >= 15 is 0 Å². The number of hydrogen-bond donors (Lipinski definition) is 2. The third-order valence-electron chi connectivity index (χ3n) is 6.54. The molecule has 0 aromatic heterocycles. The van der Waals surface area contributed by atoms with Gasteiger partial charge < -0.3 is 14.9 Å². The molecule has 0 aliphatic rings. The van der Waals surface area contributed by atoms with Crippen LogP contribution in [0.1, 0.15) is 75.3 Å². The summed E-state index contributed by atoms with van der Waals surface area (Å²) in [4.78, 5) is 0. The third kappa shape index (κ3) is 5.66. The molecule has 0 fully saturated rings. The van der Waals surface area contributed by atoms with Crippen LogP contribution in [0.25, 0.3) is 11.1 Å². The lowest BCUT2D eigenvalue weighted by Crippen LogP contribution is -2.23. The van der Waals surface area contributed by atoms with Crippen LogP contribution >= 0.6 is 0 Å². The fraction of sp³-hybridized carbons (Fsp3) is 0.400. The van der Waals surface area contributed by atoms with E-state index in [-0.39, 0.29) is 12.0 Å². The van der Waals surface area contributed by atoms with Gasteiger partial charge >= 0.3 is 0 Å². The van der Waals surface area contributed by atoms with Crippen LogP contribution in [-0.4, -0.2) is 10.2 Å². The van der Waals surface area contributed by atoms with Crippen LogP contribution in [0.15, 0.2) is 54.6 Å². The molecule has 0 aliphatic heterocycles. The van der Waals surface area contributed by atoms with E-state index in [1.54, 1.807) is 0 Å². The lowest BCUT2D eigenvalue weighted by Gasteiger charge is -2.28. The average molecular weight is 446 g/mol. The molecule has 3 aromatic rings. The quantitative estimate of drug-likeness (QED) is 0.399. The van der Waals surface area contributed by atoms with Gasteiger partial charge in [-0.1, -0.05) is 71.0 Å². The number of aliphatic hydroxyl groups is 2. The van der Waals surface area contributed by atoms with Gasteiger partial charge in [0.05, 0.1) is 12.2 Å². The highest BCUT2D eigenvalue weighted by atomic mass is 16.5. The molecule has 3 aromatic carbocycles. The van der Waals surface area contributed by atoms with Crippen LogP contribution in [0, 0.1) is 13.0 Å². The molecule has 0 heterocycles. The number of benzene rings is 3. The fourth-order valence-electron chi connectivity index (χ4n) is 4.25. The summed E-state index contributed by atoms with van der Waals surface area (Å²) in [7, 11) is 0. The Bertz CT molecular complexity index is 1070. The predicted octanol–water partition coefficient (Wildman–Crippen LogP) is 6.84. The van der Waals surface area contributed by atoms with Crippen LogP contribution in [0.4, 0.5) is 0 Å². The van der Waals surface area contributed by atoms with Crippen molar-refractivity contribution in [1.29, 1.82) is 0 Å². The lowest BCUT2D eigenvalue weighted by atomic mass is 9.80. The second-order valence-electron chi connectivity index (χ2n) is 9.89. The van der Waals surface area contributed by atoms with E-state index < -0.39 is 5.60 Å². The number of aliphatic hydroxyl groups excluding tert-OH is 1. The highest BCUT2D eigenvalue weighted by Gasteiger charge is 2.26. The van der Waals surface area contributed by atoms with Crippen molar-refractivity contribution in [2.24, 2.45) is 0 Å². The first-order chi connectivity index (χ1) is 15.6. The van der Waals surface area contributed by atoms with E-state index in [2.05, 4.69) is 64.1 Å². The van der Waals surface area contributed by atoms with E-state index in [4.69, 9.17) is 4.74 Å². The molecule has 0 unspecified atom stereocenters. The van der Waals surface area contributed by atoms with Crippen molar-refractivity contribution in [2.45, 2.75) is 78.6 Å². The summed E-state index contributed by atoms with van der Waals surface area (Å²) in [5.74, 6) is 0.811. The van der Waals surface area contributed by atoms with E-state index in [1.807, 2.05) is 38.1 Å². The zero-order valence-corrected chi connectivity index (χ0v) is 20.8. The molecule has 0 saturated heterocycles. The number of rotatable bonds is 8. The number of ether oxygens (including phenoxy) is 1. The van der Waals surface area contributed by atoms with Gasteiger partial charge in [0.2, 0.25) is 0 Å². The first-order valence-corrected chi connectivity index (χ1v) is 11.8. The summed E-state index contributed by atoms with van der Waals surface area (Å²) in [6.45, 7) is 13.3. The number of aryl methyl sites for hydroxylation is 1. The Morgan fingerprint density at radius 2 is 1.64 bits per heavy atom. The highest BCUT2D eigenvalue weighted by molar-refractivity contribution is 5.73. The van der Waals surface area contributed by atoms with Crippen LogP contribution in [0.2, 0.25) is 0 Å². The first kappa shape index (κ1) is 25.0. The Labute approximate surface area is 199 Å². The van der Waals surface area contributed by atoms with Gasteiger partial charge in [0.1, 0.15) is 12.4 Å². The van der Waals surface area contributed by atoms with Crippen LogP contribution in [-0.2, 0) is 24.2 Å². The van der Waals surface area contributed by atoms with Crippen LogP contribution in [0.5, 0.6) is 5.75 Å². The molecular formula is C30H37O3. The topological polar surface area (TPSA) is 49.7 Å². The van der Waals surface area contributed by atoms with Crippen molar-refractivity contribution >= 4 is 0 Å². The molecule has 3 nitrogen and oxygen atoms in total. The molecule has 0 spiro atoms. The van der Waals surface area contributed by atoms with Crippen LogP contribution in [0.3, 0.4) is 0 Å². The predicted molar refractivity (Wildman–Crippen MR) is 135 cm³/mol. The van der Waals surface area contributed by atoms with E-state index in [0.717, 1.165) is 39.1 Å². The molecule has 175 valence electrons. The Hall–Kier alpha value is -2.62. The number of hydrogen-bond acceptors (Lipinski definition) is 3. The molecule has 2 N–H and O–H groups in total. The minimum Gasteiger partial charge on any atom is -0.489 e. The Balaban J connectivity index is 1.97. The Morgan fingerprint density at radius 1 is 0.909 bits per heavy atom. The minimum absolute atomic E-state index is 0.00911. The van der Waals surface area contributed by atoms with Gasteiger partial charge in [-0.3, -0.25) is 0 Å². The molecule has 0 amide bonds. The van der Waals surface area contributed by atoms with E-state index in [0.29, 0.717) is 19.4 Å². The Kier molecular flexibility index (Phi) is 7.66. The van der Waals surface area contributed by atoms with Gasteiger partial charge in [0, 0.05) is 0 Å². The zero-order chi connectivity index (χ0) is 24.2. The maximum atomic E-state index is 11.0. The third-order valence-corrected chi connectivity index (χ3v) is 6.54. The van der Waals surface area contributed by atoms with Crippen molar-refractivity contribution in [1.82, 2.24) is 0 Å². The summed E-state index contributed by atoms with van der Waals surface area (Å²) in [6, 6.07) is 21.4. The average Bonchev–Trinajstić information content (AvgIpc) is 2.81. The van der Waals surface area contributed by atoms with Gasteiger partial charge in [-0.25, -0.2) is 0 Å². The van der Waals surface area contributed by atoms with Crippen molar-refractivity contribution in [3.63, 3.8) is 0 Å². The first-order valence-electron chi connectivity index (χ1n) is 11.8. The van der Waals surface area contributed by atoms with Gasteiger partial charge in [0.25, 0.3) is 0 Å². The molecule has 0 saturated carbocycles. The van der Waals surface area contributed by atoms with Gasteiger partial charge in [-0.15, -0.1) is 0 Å². The summed E-state index contributed by atoms with van der Waals surface area (Å²) < 4.78 is 6.13. The fourth-order valence-corrected chi connectivity index (χ4v) is 4.25. The largest absolute Gasteiger partial charge is 0.489 e. The molecule has 33 heavy (non-hydrogen) atoms. The maximum absolute atomic E-state index is 11.0. The second kappa shape index (κ2) is 10.1. The molecule has 0 aliphatic carbocycles. The van der Waals surface area contributed by atoms with Crippen molar-refractivity contribution in [3.05, 3.63) is 88.5 Å². The van der Waals surface area contributed by atoms with E-state index in [9.17, 15) is 10.2 Å². The van der Waals surface area contributed by atoms with Gasteiger partial charge in [-0.05, 0) is 88.4 Å². The monoisotopic (exact) mass is 445 g/mol. The summed E-state index contributed by atoms with van der Waals surface area (Å²) in [5.41, 5.74) is 6.65. The minimum atomic E-state index is -0.788. The molecule has 0 bridgehead atoms. The summed E-state index contributed by atoms with van der Waals surface area (Å²) in [5, 5.41) is 20.2. The van der Waals surface area contributed by atoms with Crippen LogP contribution < -0.4 is 4.74 Å². The normalized spacial score (nSPS) is 12.1.